The van der Waals surface area contributed by atoms with Crippen LogP contribution in [0.2, 0.25) is 0 Å². The van der Waals surface area contributed by atoms with E-state index in [-0.39, 0.29) is 12.3 Å². The van der Waals surface area contributed by atoms with Crippen LogP contribution in [-0.2, 0) is 4.79 Å². The Bertz CT molecular complexity index is 145. The molecule has 2 atom stereocenters. The Balaban J connectivity index is 3.56. The van der Waals surface area contributed by atoms with Crippen molar-refractivity contribution < 1.29 is 15.0 Å². The molecule has 0 saturated heterocycles. The van der Waals surface area contributed by atoms with Crippen LogP contribution in [-0.4, -0.2) is 22.3 Å². The third kappa shape index (κ3) is 6.58. The van der Waals surface area contributed by atoms with Crippen molar-refractivity contribution >= 4 is 5.97 Å². The predicted octanol–water partition coefficient (Wildman–Crippen LogP) is 2.04. The fourth-order valence-electron chi connectivity index (χ4n) is 1.30. The summed E-state index contributed by atoms with van der Waals surface area (Å²) in [5.74, 6) is -0.962. The van der Waals surface area contributed by atoms with E-state index in [2.05, 4.69) is 6.92 Å². The Kier molecular flexibility index (Phi) is 6.59. The summed E-state index contributed by atoms with van der Waals surface area (Å²) in [6.45, 7) is 3.89. The number of aliphatic hydroxyl groups is 1. The molecule has 0 aromatic rings. The summed E-state index contributed by atoms with van der Waals surface area (Å²) in [5, 5.41) is 18.0. The zero-order chi connectivity index (χ0) is 10.3. The average molecular weight is 188 g/mol. The summed E-state index contributed by atoms with van der Waals surface area (Å²) in [4.78, 5) is 10.3. The lowest BCUT2D eigenvalue weighted by molar-refractivity contribution is -0.139. The molecule has 0 spiro atoms. The van der Waals surface area contributed by atoms with Gasteiger partial charge in [0.1, 0.15) is 0 Å². The second kappa shape index (κ2) is 6.89. The van der Waals surface area contributed by atoms with E-state index in [0.717, 1.165) is 25.7 Å². The molecule has 0 aromatic carbocycles. The van der Waals surface area contributed by atoms with E-state index in [4.69, 9.17) is 5.11 Å². The Morgan fingerprint density at radius 1 is 1.38 bits per heavy atom. The van der Waals surface area contributed by atoms with Crippen LogP contribution in [0.4, 0.5) is 0 Å². The van der Waals surface area contributed by atoms with Gasteiger partial charge in [0.05, 0.1) is 12.5 Å². The predicted molar refractivity (Wildman–Crippen MR) is 51.6 cm³/mol. The largest absolute Gasteiger partial charge is 0.481 e. The molecule has 0 aliphatic rings. The fourth-order valence-corrected chi connectivity index (χ4v) is 1.30. The first-order chi connectivity index (χ1) is 6.07. The molecule has 0 amide bonds. The van der Waals surface area contributed by atoms with E-state index in [1.807, 2.05) is 0 Å². The maximum atomic E-state index is 10.3. The molecular formula is C10H20O3. The summed E-state index contributed by atoms with van der Waals surface area (Å²) >= 11 is 0. The molecule has 13 heavy (non-hydrogen) atoms. The Morgan fingerprint density at radius 3 is 2.46 bits per heavy atom. The highest BCUT2D eigenvalue weighted by atomic mass is 16.4. The number of aliphatic hydroxyl groups excluding tert-OH is 1. The Hall–Kier alpha value is -0.570. The summed E-state index contributed by atoms with van der Waals surface area (Å²) in [7, 11) is 0. The molecule has 3 heteroatoms. The van der Waals surface area contributed by atoms with E-state index in [0.29, 0.717) is 0 Å². The van der Waals surface area contributed by atoms with Crippen molar-refractivity contribution in [2.24, 2.45) is 5.92 Å². The van der Waals surface area contributed by atoms with Gasteiger partial charge in [0.25, 0.3) is 0 Å². The van der Waals surface area contributed by atoms with Crippen LogP contribution in [0.15, 0.2) is 0 Å². The van der Waals surface area contributed by atoms with E-state index < -0.39 is 12.1 Å². The van der Waals surface area contributed by atoms with Crippen molar-refractivity contribution in [1.29, 1.82) is 0 Å². The smallest absolute Gasteiger partial charge is 0.303 e. The van der Waals surface area contributed by atoms with Crippen LogP contribution < -0.4 is 0 Å². The van der Waals surface area contributed by atoms with Gasteiger partial charge in [-0.1, -0.05) is 33.1 Å². The molecule has 0 bridgehead atoms. The van der Waals surface area contributed by atoms with E-state index >= 15 is 0 Å². The monoisotopic (exact) mass is 188 g/mol. The number of rotatable bonds is 7. The summed E-state index contributed by atoms with van der Waals surface area (Å²) < 4.78 is 0. The first kappa shape index (κ1) is 12.4. The average Bonchev–Trinajstić information content (AvgIpc) is 2.03. The highest BCUT2D eigenvalue weighted by molar-refractivity contribution is 5.67. The molecule has 0 radical (unpaired) electrons. The number of carboxylic acid groups (broad SMARTS) is 1. The van der Waals surface area contributed by atoms with E-state index in [9.17, 15) is 9.90 Å². The van der Waals surface area contributed by atoms with Crippen LogP contribution >= 0.6 is 0 Å². The molecule has 0 heterocycles. The maximum absolute atomic E-state index is 10.3. The molecule has 3 nitrogen and oxygen atoms in total. The van der Waals surface area contributed by atoms with Crippen molar-refractivity contribution in [3.05, 3.63) is 0 Å². The zero-order valence-corrected chi connectivity index (χ0v) is 8.49. The SMILES string of the molecule is CCCCC[C@@H](O)[C@H](C)CC(=O)O. The number of aliphatic carboxylic acids is 1. The molecule has 0 rings (SSSR count). The van der Waals surface area contributed by atoms with Crippen LogP contribution in [0.5, 0.6) is 0 Å². The van der Waals surface area contributed by atoms with Crippen LogP contribution in [0, 0.1) is 5.92 Å². The molecular weight excluding hydrogens is 168 g/mol. The van der Waals surface area contributed by atoms with Crippen LogP contribution in [0.25, 0.3) is 0 Å². The maximum Gasteiger partial charge on any atom is 0.303 e. The van der Waals surface area contributed by atoms with Crippen LogP contribution in [0.1, 0.15) is 46.0 Å². The molecule has 78 valence electrons. The topological polar surface area (TPSA) is 57.5 Å². The van der Waals surface area contributed by atoms with Gasteiger partial charge < -0.3 is 10.2 Å². The minimum Gasteiger partial charge on any atom is -0.481 e. The molecule has 0 aliphatic heterocycles. The fraction of sp³-hybridized carbons (Fsp3) is 0.900. The second-order valence-corrected chi connectivity index (χ2v) is 3.64. The van der Waals surface area contributed by atoms with Gasteiger partial charge in [-0.05, 0) is 12.3 Å². The van der Waals surface area contributed by atoms with Crippen LogP contribution in [0.3, 0.4) is 0 Å². The first-order valence-electron chi connectivity index (χ1n) is 4.97. The standard InChI is InChI=1S/C10H20O3/c1-3-4-5-6-9(11)8(2)7-10(12)13/h8-9,11H,3-7H2,1-2H3,(H,12,13)/t8-,9-/m1/s1. The Labute approximate surface area is 79.8 Å². The number of hydrogen-bond donors (Lipinski definition) is 2. The van der Waals surface area contributed by atoms with Crippen molar-refractivity contribution in [2.45, 2.75) is 52.1 Å². The number of carboxylic acids is 1. The highest BCUT2D eigenvalue weighted by Gasteiger charge is 2.16. The lowest BCUT2D eigenvalue weighted by atomic mass is 9.96. The highest BCUT2D eigenvalue weighted by Crippen LogP contribution is 2.14. The van der Waals surface area contributed by atoms with E-state index in [1.165, 1.54) is 0 Å². The molecule has 2 N–H and O–H groups in total. The zero-order valence-electron chi connectivity index (χ0n) is 8.49. The van der Waals surface area contributed by atoms with Crippen molar-refractivity contribution in [3.8, 4) is 0 Å². The molecule has 0 aliphatic carbocycles. The third-order valence-electron chi connectivity index (χ3n) is 2.26. The van der Waals surface area contributed by atoms with Gasteiger partial charge in [-0.25, -0.2) is 0 Å². The summed E-state index contributed by atoms with van der Waals surface area (Å²) in [6, 6.07) is 0. The Morgan fingerprint density at radius 2 is 2.00 bits per heavy atom. The van der Waals surface area contributed by atoms with Crippen molar-refractivity contribution in [1.82, 2.24) is 0 Å². The van der Waals surface area contributed by atoms with Gasteiger partial charge in [-0.15, -0.1) is 0 Å². The number of unbranched alkanes of at least 4 members (excludes halogenated alkanes) is 2. The molecule has 0 saturated carbocycles. The van der Waals surface area contributed by atoms with Crippen molar-refractivity contribution in [2.75, 3.05) is 0 Å². The summed E-state index contributed by atoms with van der Waals surface area (Å²) in [5.41, 5.74) is 0. The number of carbonyl (C=O) groups is 1. The third-order valence-corrected chi connectivity index (χ3v) is 2.26. The van der Waals surface area contributed by atoms with Gasteiger partial charge in [0.2, 0.25) is 0 Å². The van der Waals surface area contributed by atoms with Crippen molar-refractivity contribution in [3.63, 3.8) is 0 Å². The lowest BCUT2D eigenvalue weighted by Crippen LogP contribution is -2.20. The lowest BCUT2D eigenvalue weighted by Gasteiger charge is -2.16. The molecule has 0 fully saturated rings. The summed E-state index contributed by atoms with van der Waals surface area (Å²) in [6.07, 6.45) is 3.55. The van der Waals surface area contributed by atoms with Gasteiger partial charge in [-0.2, -0.15) is 0 Å². The van der Waals surface area contributed by atoms with Gasteiger partial charge in [-0.3, -0.25) is 4.79 Å². The normalized spacial score (nSPS) is 15.3. The molecule has 0 unspecified atom stereocenters. The van der Waals surface area contributed by atoms with Gasteiger partial charge >= 0.3 is 5.97 Å². The van der Waals surface area contributed by atoms with Gasteiger partial charge in [0.15, 0.2) is 0 Å². The minimum atomic E-state index is -0.831. The minimum absolute atomic E-state index is 0.0628. The second-order valence-electron chi connectivity index (χ2n) is 3.64. The van der Waals surface area contributed by atoms with Gasteiger partial charge in [0, 0.05) is 0 Å². The number of hydrogen-bond acceptors (Lipinski definition) is 2. The van der Waals surface area contributed by atoms with E-state index in [1.54, 1.807) is 6.92 Å². The molecule has 0 aromatic heterocycles. The first-order valence-corrected chi connectivity index (χ1v) is 4.97. The quantitative estimate of drug-likeness (QED) is 0.601.